The second kappa shape index (κ2) is 5.18. The molecule has 1 N–H and O–H groups in total. The van der Waals surface area contributed by atoms with E-state index in [0.717, 1.165) is 6.26 Å². The summed E-state index contributed by atoms with van der Waals surface area (Å²) in [7, 11) is -1.85. The molecule has 1 atom stereocenters. The van der Waals surface area contributed by atoms with E-state index in [0.29, 0.717) is 0 Å². The molecule has 78 valence electrons. The first-order chi connectivity index (χ1) is 5.87. The summed E-state index contributed by atoms with van der Waals surface area (Å²) in [5.74, 6) is -0.755. The van der Waals surface area contributed by atoms with Gasteiger partial charge in [-0.2, -0.15) is 0 Å². The molecule has 1 unspecified atom stereocenters. The van der Waals surface area contributed by atoms with Crippen LogP contribution in [0.15, 0.2) is 0 Å². The number of carbonyl (C=O) groups excluding carboxylic acids is 1. The van der Waals surface area contributed by atoms with Crippen LogP contribution in [0.3, 0.4) is 0 Å². The number of hydrogen-bond donors (Lipinski definition) is 1. The van der Waals surface area contributed by atoms with E-state index in [2.05, 4.69) is 4.74 Å². The summed E-state index contributed by atoms with van der Waals surface area (Å²) < 4.78 is 25.6. The maximum absolute atomic E-state index is 10.7. The van der Waals surface area contributed by atoms with Crippen molar-refractivity contribution >= 4 is 15.8 Å². The van der Waals surface area contributed by atoms with Gasteiger partial charge in [0.25, 0.3) is 0 Å². The lowest BCUT2D eigenvalue weighted by Crippen LogP contribution is -2.22. The molecule has 5 nitrogen and oxygen atoms in total. The van der Waals surface area contributed by atoms with E-state index in [1.165, 1.54) is 7.11 Å². The number of esters is 1. The Labute approximate surface area is 77.6 Å². The molecule has 6 heteroatoms. The molecule has 0 rings (SSSR count). The summed E-state index contributed by atoms with van der Waals surface area (Å²) in [5, 5.41) is 9.05. The Morgan fingerprint density at radius 2 is 2.08 bits per heavy atom. The van der Waals surface area contributed by atoms with Crippen LogP contribution in [-0.2, 0) is 19.4 Å². The van der Waals surface area contributed by atoms with Gasteiger partial charge in [0.2, 0.25) is 0 Å². The topological polar surface area (TPSA) is 80.7 Å². The summed E-state index contributed by atoms with van der Waals surface area (Å²) in [5.41, 5.74) is 0. The van der Waals surface area contributed by atoms with Gasteiger partial charge >= 0.3 is 5.97 Å². The van der Waals surface area contributed by atoms with Crippen molar-refractivity contribution in [3.8, 4) is 0 Å². The highest BCUT2D eigenvalue weighted by Gasteiger charge is 2.15. The third-order valence-electron chi connectivity index (χ3n) is 1.47. The first-order valence-electron chi connectivity index (χ1n) is 3.80. The predicted octanol–water partition coefficient (Wildman–Crippen LogP) is -0.655. The fourth-order valence-corrected chi connectivity index (χ4v) is 1.48. The molecule has 13 heavy (non-hydrogen) atoms. The molecule has 0 bridgehead atoms. The van der Waals surface area contributed by atoms with E-state index in [-0.39, 0.29) is 18.6 Å². The average Bonchev–Trinajstić information content (AvgIpc) is 2.00. The monoisotopic (exact) mass is 210 g/mol. The molecule has 0 fully saturated rings. The smallest absolute Gasteiger partial charge is 0.334 e. The number of sulfone groups is 1. The first-order valence-corrected chi connectivity index (χ1v) is 5.86. The van der Waals surface area contributed by atoms with Crippen LogP contribution in [0.1, 0.15) is 12.8 Å². The minimum Gasteiger partial charge on any atom is -0.467 e. The third kappa shape index (κ3) is 6.53. The number of methoxy groups -OCH3 is 1. The lowest BCUT2D eigenvalue weighted by Gasteiger charge is -2.06. The molecule has 0 heterocycles. The second-order valence-corrected chi connectivity index (χ2v) is 5.07. The Balaban J connectivity index is 3.72. The minimum absolute atomic E-state index is 0.0267. The van der Waals surface area contributed by atoms with Crippen molar-refractivity contribution in [2.45, 2.75) is 18.9 Å². The van der Waals surface area contributed by atoms with Crippen LogP contribution in [-0.4, -0.2) is 44.7 Å². The summed E-state index contributed by atoms with van der Waals surface area (Å²) in [6, 6.07) is 0. The largest absolute Gasteiger partial charge is 0.467 e. The summed E-state index contributed by atoms with van der Waals surface area (Å²) in [4.78, 5) is 10.6. The van der Waals surface area contributed by atoms with Gasteiger partial charge in [0.15, 0.2) is 6.10 Å². The van der Waals surface area contributed by atoms with Crippen molar-refractivity contribution in [3.05, 3.63) is 0 Å². The van der Waals surface area contributed by atoms with Crippen LogP contribution in [0.25, 0.3) is 0 Å². The molecule has 0 aliphatic heterocycles. The zero-order valence-corrected chi connectivity index (χ0v) is 8.50. The van der Waals surface area contributed by atoms with Crippen molar-refractivity contribution < 1.29 is 23.1 Å². The molecule has 0 radical (unpaired) electrons. The Hall–Kier alpha value is -0.620. The molecule has 0 amide bonds. The molecule has 0 aliphatic carbocycles. The van der Waals surface area contributed by atoms with E-state index in [1.807, 2.05) is 0 Å². The highest BCUT2D eigenvalue weighted by Crippen LogP contribution is 2.01. The lowest BCUT2D eigenvalue weighted by molar-refractivity contribution is -0.150. The molecule has 0 spiro atoms. The molecular formula is C7H14O5S. The number of rotatable bonds is 5. The zero-order chi connectivity index (χ0) is 10.5. The van der Waals surface area contributed by atoms with Gasteiger partial charge in [-0.25, -0.2) is 13.2 Å². The van der Waals surface area contributed by atoms with Gasteiger partial charge in [0, 0.05) is 12.0 Å². The Morgan fingerprint density at radius 3 is 2.46 bits per heavy atom. The van der Waals surface area contributed by atoms with Crippen molar-refractivity contribution in [1.82, 2.24) is 0 Å². The van der Waals surface area contributed by atoms with Crippen LogP contribution in [0, 0.1) is 0 Å². The maximum atomic E-state index is 10.7. The van der Waals surface area contributed by atoms with Crippen LogP contribution in [0.5, 0.6) is 0 Å². The highest BCUT2D eigenvalue weighted by molar-refractivity contribution is 7.90. The van der Waals surface area contributed by atoms with Gasteiger partial charge in [-0.1, -0.05) is 0 Å². The highest BCUT2D eigenvalue weighted by atomic mass is 32.2. The third-order valence-corrected chi connectivity index (χ3v) is 2.50. The van der Waals surface area contributed by atoms with Crippen molar-refractivity contribution in [3.63, 3.8) is 0 Å². The summed E-state index contributed by atoms with van der Waals surface area (Å²) >= 11 is 0. The normalized spacial score (nSPS) is 13.8. The van der Waals surface area contributed by atoms with Crippen LogP contribution in [0.4, 0.5) is 0 Å². The molecular weight excluding hydrogens is 196 g/mol. The first kappa shape index (κ1) is 12.4. The van der Waals surface area contributed by atoms with Crippen LogP contribution < -0.4 is 0 Å². The minimum atomic E-state index is -3.02. The van der Waals surface area contributed by atoms with Crippen LogP contribution >= 0.6 is 0 Å². The number of carbonyl (C=O) groups is 1. The van der Waals surface area contributed by atoms with E-state index in [9.17, 15) is 13.2 Å². The fourth-order valence-electron chi connectivity index (χ4n) is 0.793. The van der Waals surface area contributed by atoms with Gasteiger partial charge in [-0.05, 0) is 12.8 Å². The quantitative estimate of drug-likeness (QED) is 0.609. The molecule has 0 aromatic rings. The predicted molar refractivity (Wildman–Crippen MR) is 47.0 cm³/mol. The van der Waals surface area contributed by atoms with E-state index in [1.54, 1.807) is 0 Å². The van der Waals surface area contributed by atoms with Gasteiger partial charge < -0.3 is 9.84 Å². The number of aliphatic hydroxyl groups excluding tert-OH is 1. The number of aliphatic hydroxyl groups is 1. The van der Waals surface area contributed by atoms with Gasteiger partial charge in [0.1, 0.15) is 9.84 Å². The number of hydrogen-bond acceptors (Lipinski definition) is 5. The van der Waals surface area contributed by atoms with Crippen molar-refractivity contribution in [1.29, 1.82) is 0 Å². The average molecular weight is 210 g/mol. The molecule has 0 aliphatic rings. The fraction of sp³-hybridized carbons (Fsp3) is 0.857. The van der Waals surface area contributed by atoms with E-state index >= 15 is 0 Å². The number of ether oxygens (including phenoxy) is 1. The van der Waals surface area contributed by atoms with E-state index < -0.39 is 21.9 Å². The van der Waals surface area contributed by atoms with Gasteiger partial charge in [-0.15, -0.1) is 0 Å². The zero-order valence-electron chi connectivity index (χ0n) is 7.69. The van der Waals surface area contributed by atoms with Crippen molar-refractivity contribution in [2.75, 3.05) is 19.1 Å². The molecule has 0 saturated carbocycles. The Morgan fingerprint density at radius 1 is 1.54 bits per heavy atom. The van der Waals surface area contributed by atoms with Crippen molar-refractivity contribution in [2.24, 2.45) is 0 Å². The maximum Gasteiger partial charge on any atom is 0.334 e. The molecule has 0 aromatic heterocycles. The lowest BCUT2D eigenvalue weighted by atomic mass is 10.2. The Bertz CT molecular complexity index is 256. The SMILES string of the molecule is COC(=O)C(O)CCCS(C)(=O)=O. The summed E-state index contributed by atoms with van der Waals surface area (Å²) in [6.45, 7) is 0. The van der Waals surface area contributed by atoms with E-state index in [4.69, 9.17) is 5.11 Å². The standard InChI is InChI=1S/C7H14O5S/c1-12-7(9)6(8)4-3-5-13(2,10)11/h6,8H,3-5H2,1-2H3. The molecule has 0 aromatic carbocycles. The molecule has 0 saturated heterocycles. The van der Waals surface area contributed by atoms with Gasteiger partial charge in [0.05, 0.1) is 7.11 Å². The summed E-state index contributed by atoms with van der Waals surface area (Å²) in [6.07, 6.45) is 0.263. The van der Waals surface area contributed by atoms with Gasteiger partial charge in [-0.3, -0.25) is 0 Å². The Kier molecular flexibility index (Phi) is 4.94. The second-order valence-electron chi connectivity index (χ2n) is 2.81. The van der Waals surface area contributed by atoms with Crippen LogP contribution in [0.2, 0.25) is 0 Å².